The fourth-order valence-electron chi connectivity index (χ4n) is 4.74. The van der Waals surface area contributed by atoms with Crippen molar-refractivity contribution in [3.63, 3.8) is 0 Å². The molecule has 5 rings (SSSR count). The highest BCUT2D eigenvalue weighted by molar-refractivity contribution is 7.22. The molecule has 3 aromatic carbocycles. The number of thiazole rings is 1. The molecular formula is C30H32N4O2S. The van der Waals surface area contributed by atoms with Crippen LogP contribution in [0.3, 0.4) is 0 Å². The van der Waals surface area contributed by atoms with Gasteiger partial charge in [-0.25, -0.2) is 4.98 Å². The SMILES string of the molecule is O=C(NCCNCc1ccc(-c2ccccc2)cc1)c1ccc2nc(NC(=O)C3CCCCC3)sc2c1. The monoisotopic (exact) mass is 512 g/mol. The smallest absolute Gasteiger partial charge is 0.251 e. The summed E-state index contributed by atoms with van der Waals surface area (Å²) in [6, 6.07) is 24.3. The van der Waals surface area contributed by atoms with Gasteiger partial charge in [-0.15, -0.1) is 0 Å². The summed E-state index contributed by atoms with van der Waals surface area (Å²) in [6.07, 6.45) is 5.36. The van der Waals surface area contributed by atoms with Gasteiger partial charge in [-0.1, -0.05) is 85.2 Å². The van der Waals surface area contributed by atoms with Crippen LogP contribution in [-0.2, 0) is 11.3 Å². The van der Waals surface area contributed by atoms with Crippen molar-refractivity contribution in [2.24, 2.45) is 5.92 Å². The van der Waals surface area contributed by atoms with E-state index < -0.39 is 0 Å². The largest absolute Gasteiger partial charge is 0.351 e. The predicted molar refractivity (Wildman–Crippen MR) is 151 cm³/mol. The first kappa shape index (κ1) is 25.1. The molecule has 0 bridgehead atoms. The van der Waals surface area contributed by atoms with Gasteiger partial charge in [0.05, 0.1) is 10.2 Å². The number of carbonyl (C=O) groups excluding carboxylic acids is 2. The van der Waals surface area contributed by atoms with Crippen LogP contribution in [0.15, 0.2) is 72.8 Å². The van der Waals surface area contributed by atoms with Crippen LogP contribution in [0, 0.1) is 5.92 Å². The Morgan fingerprint density at radius 2 is 1.62 bits per heavy atom. The number of hydrogen-bond donors (Lipinski definition) is 3. The maximum Gasteiger partial charge on any atom is 0.251 e. The van der Waals surface area contributed by atoms with E-state index in [4.69, 9.17) is 0 Å². The average Bonchev–Trinajstić information content (AvgIpc) is 3.35. The number of hydrogen-bond acceptors (Lipinski definition) is 5. The van der Waals surface area contributed by atoms with Gasteiger partial charge in [-0.05, 0) is 47.7 Å². The lowest BCUT2D eigenvalue weighted by atomic mass is 9.89. The minimum Gasteiger partial charge on any atom is -0.351 e. The molecule has 0 spiro atoms. The molecule has 0 radical (unpaired) electrons. The van der Waals surface area contributed by atoms with Crippen molar-refractivity contribution in [2.45, 2.75) is 38.6 Å². The summed E-state index contributed by atoms with van der Waals surface area (Å²) in [4.78, 5) is 29.7. The molecule has 1 heterocycles. The van der Waals surface area contributed by atoms with E-state index in [9.17, 15) is 9.59 Å². The van der Waals surface area contributed by atoms with Crippen molar-refractivity contribution in [3.8, 4) is 11.1 Å². The maximum atomic E-state index is 12.7. The van der Waals surface area contributed by atoms with Crippen LogP contribution in [0.1, 0.15) is 48.0 Å². The zero-order chi connectivity index (χ0) is 25.5. The quantitative estimate of drug-likeness (QED) is 0.240. The molecule has 0 unspecified atom stereocenters. The molecule has 6 nitrogen and oxygen atoms in total. The van der Waals surface area contributed by atoms with Crippen LogP contribution < -0.4 is 16.0 Å². The van der Waals surface area contributed by atoms with Crippen molar-refractivity contribution < 1.29 is 9.59 Å². The molecule has 1 fully saturated rings. The van der Waals surface area contributed by atoms with Gasteiger partial charge in [-0.2, -0.15) is 0 Å². The lowest BCUT2D eigenvalue weighted by Crippen LogP contribution is -2.31. The highest BCUT2D eigenvalue weighted by atomic mass is 32.1. The molecule has 1 saturated carbocycles. The fraction of sp³-hybridized carbons (Fsp3) is 0.300. The summed E-state index contributed by atoms with van der Waals surface area (Å²) >= 11 is 1.41. The minimum atomic E-state index is -0.114. The molecule has 0 aliphatic heterocycles. The number of nitrogens with one attached hydrogen (secondary N) is 3. The first-order chi connectivity index (χ1) is 18.2. The summed E-state index contributed by atoms with van der Waals surface area (Å²) in [5.41, 5.74) is 5.00. The van der Waals surface area contributed by atoms with E-state index in [2.05, 4.69) is 57.3 Å². The first-order valence-electron chi connectivity index (χ1n) is 13.0. The summed E-state index contributed by atoms with van der Waals surface area (Å²) in [5, 5.41) is 9.94. The molecule has 1 aromatic heterocycles. The molecule has 1 aliphatic carbocycles. The Labute approximate surface area is 221 Å². The van der Waals surface area contributed by atoms with E-state index in [0.29, 0.717) is 23.8 Å². The number of rotatable bonds is 9. The van der Waals surface area contributed by atoms with Gasteiger partial charge in [0, 0.05) is 31.1 Å². The zero-order valence-electron chi connectivity index (χ0n) is 20.8. The molecule has 0 atom stereocenters. The van der Waals surface area contributed by atoms with Crippen molar-refractivity contribution in [2.75, 3.05) is 18.4 Å². The summed E-state index contributed by atoms with van der Waals surface area (Å²) in [6.45, 7) is 1.95. The van der Waals surface area contributed by atoms with Gasteiger partial charge in [-0.3, -0.25) is 9.59 Å². The van der Waals surface area contributed by atoms with Crippen LogP contribution in [0.25, 0.3) is 21.3 Å². The maximum absolute atomic E-state index is 12.7. The summed E-state index contributed by atoms with van der Waals surface area (Å²) in [5.74, 6) is 0.0397. The average molecular weight is 513 g/mol. The van der Waals surface area contributed by atoms with Gasteiger partial charge in [0.15, 0.2) is 5.13 Å². The van der Waals surface area contributed by atoms with E-state index in [1.807, 2.05) is 30.3 Å². The van der Waals surface area contributed by atoms with Crippen LogP contribution in [0.2, 0.25) is 0 Å². The van der Waals surface area contributed by atoms with Gasteiger partial charge in [0.2, 0.25) is 5.91 Å². The van der Waals surface area contributed by atoms with Gasteiger partial charge in [0.1, 0.15) is 0 Å². The Morgan fingerprint density at radius 3 is 2.41 bits per heavy atom. The lowest BCUT2D eigenvalue weighted by molar-refractivity contribution is -0.120. The number of fused-ring (bicyclic) bond motifs is 1. The van der Waals surface area contributed by atoms with Gasteiger partial charge < -0.3 is 16.0 Å². The second-order valence-electron chi connectivity index (χ2n) is 9.52. The standard InChI is InChI=1S/C30H32N4O2S/c35-28(32-18-17-31-20-21-11-13-23(14-12-21)22-7-3-1-4-8-22)25-15-16-26-27(19-25)37-30(33-26)34-29(36)24-9-5-2-6-10-24/h1,3-4,7-8,11-16,19,24,31H,2,5-6,9-10,17-18,20H2,(H,32,35)(H,33,34,36). The normalized spacial score (nSPS) is 13.9. The van der Waals surface area contributed by atoms with Crippen molar-refractivity contribution in [1.29, 1.82) is 0 Å². The van der Waals surface area contributed by atoms with Gasteiger partial charge in [0.25, 0.3) is 5.91 Å². The van der Waals surface area contributed by atoms with Crippen LogP contribution in [0.4, 0.5) is 5.13 Å². The van der Waals surface area contributed by atoms with Crippen LogP contribution in [-0.4, -0.2) is 29.9 Å². The van der Waals surface area contributed by atoms with Crippen molar-refractivity contribution >= 4 is 38.5 Å². The van der Waals surface area contributed by atoms with Gasteiger partial charge >= 0.3 is 0 Å². The third-order valence-electron chi connectivity index (χ3n) is 6.83. The summed E-state index contributed by atoms with van der Waals surface area (Å²) in [7, 11) is 0. The number of benzene rings is 3. The van der Waals surface area contributed by atoms with Crippen molar-refractivity contribution in [1.82, 2.24) is 15.6 Å². The van der Waals surface area contributed by atoms with Crippen LogP contribution in [0.5, 0.6) is 0 Å². The Balaban J connectivity index is 1.07. The van der Waals surface area contributed by atoms with E-state index in [1.165, 1.54) is 34.4 Å². The molecule has 0 saturated heterocycles. The first-order valence-corrected chi connectivity index (χ1v) is 13.8. The van der Waals surface area contributed by atoms with E-state index in [0.717, 1.165) is 42.4 Å². The number of anilines is 1. The molecular weight excluding hydrogens is 480 g/mol. The highest BCUT2D eigenvalue weighted by Crippen LogP contribution is 2.29. The Kier molecular flexibility index (Phi) is 8.23. The Morgan fingerprint density at radius 1 is 0.865 bits per heavy atom. The molecule has 1 aliphatic rings. The van der Waals surface area contributed by atoms with E-state index in [1.54, 1.807) is 6.07 Å². The number of aromatic nitrogens is 1. The topological polar surface area (TPSA) is 83.1 Å². The molecule has 37 heavy (non-hydrogen) atoms. The minimum absolute atomic E-state index is 0.0661. The van der Waals surface area contributed by atoms with E-state index >= 15 is 0 Å². The molecule has 7 heteroatoms. The number of carbonyl (C=O) groups is 2. The number of amides is 2. The zero-order valence-corrected chi connectivity index (χ0v) is 21.7. The van der Waals surface area contributed by atoms with Crippen LogP contribution >= 0.6 is 11.3 Å². The van der Waals surface area contributed by atoms with E-state index in [-0.39, 0.29) is 17.7 Å². The lowest BCUT2D eigenvalue weighted by Gasteiger charge is -2.19. The fourth-order valence-corrected chi connectivity index (χ4v) is 5.64. The molecule has 2 amide bonds. The Bertz CT molecular complexity index is 1350. The second-order valence-corrected chi connectivity index (χ2v) is 10.6. The third-order valence-corrected chi connectivity index (χ3v) is 7.77. The molecule has 190 valence electrons. The van der Waals surface area contributed by atoms with Crippen molar-refractivity contribution in [3.05, 3.63) is 83.9 Å². The molecule has 4 aromatic rings. The summed E-state index contributed by atoms with van der Waals surface area (Å²) < 4.78 is 0.892. The second kappa shape index (κ2) is 12.1. The molecule has 3 N–H and O–H groups in total. The predicted octanol–water partition coefficient (Wildman–Crippen LogP) is 6.00. The highest BCUT2D eigenvalue weighted by Gasteiger charge is 2.22. The Hall–Kier alpha value is -3.55. The number of nitrogens with zero attached hydrogens (tertiary/aromatic N) is 1. The third kappa shape index (κ3) is 6.61.